The van der Waals surface area contributed by atoms with Gasteiger partial charge in [-0.3, -0.25) is 4.79 Å². The topological polar surface area (TPSA) is 61.7 Å². The van der Waals surface area contributed by atoms with Crippen LogP contribution in [-0.2, 0) is 0 Å². The molecule has 2 aromatic carbocycles. The van der Waals surface area contributed by atoms with Crippen molar-refractivity contribution in [1.29, 1.82) is 0 Å². The molecule has 0 atom stereocenters. The van der Waals surface area contributed by atoms with Crippen molar-refractivity contribution in [2.75, 3.05) is 0 Å². The zero-order valence-electron chi connectivity index (χ0n) is 10.5. The van der Waals surface area contributed by atoms with E-state index in [9.17, 15) is 9.90 Å². The summed E-state index contributed by atoms with van der Waals surface area (Å²) < 4.78 is 0. The monoisotopic (exact) mass is 342 g/mol. The van der Waals surface area contributed by atoms with Crippen LogP contribution in [-0.4, -0.2) is 17.2 Å². The largest absolute Gasteiger partial charge is 0.507 e. The van der Waals surface area contributed by atoms with Crippen molar-refractivity contribution in [2.45, 2.75) is 0 Å². The molecule has 7 heteroatoms. The predicted octanol–water partition coefficient (Wildman–Crippen LogP) is 4.12. The van der Waals surface area contributed by atoms with Crippen molar-refractivity contribution in [1.82, 2.24) is 5.43 Å². The Kier molecular flexibility index (Phi) is 5.07. The number of carbonyl (C=O) groups excluding carboxylic acids is 1. The van der Waals surface area contributed by atoms with Gasteiger partial charge in [0.15, 0.2) is 0 Å². The van der Waals surface area contributed by atoms with E-state index in [-0.39, 0.29) is 16.3 Å². The molecule has 0 spiro atoms. The number of nitrogens with one attached hydrogen (secondary N) is 1. The number of rotatable bonds is 3. The smallest absolute Gasteiger partial charge is 0.272 e. The third kappa shape index (κ3) is 4.11. The average Bonchev–Trinajstić information content (AvgIpc) is 2.45. The summed E-state index contributed by atoms with van der Waals surface area (Å²) in [7, 11) is 0. The van der Waals surface area contributed by atoms with Crippen LogP contribution in [0.4, 0.5) is 0 Å². The van der Waals surface area contributed by atoms with Gasteiger partial charge in [0.25, 0.3) is 5.91 Å². The summed E-state index contributed by atoms with van der Waals surface area (Å²) >= 11 is 17.5. The van der Waals surface area contributed by atoms with E-state index in [1.54, 1.807) is 12.1 Å². The molecule has 21 heavy (non-hydrogen) atoms. The summed E-state index contributed by atoms with van der Waals surface area (Å²) in [4.78, 5) is 11.9. The zero-order chi connectivity index (χ0) is 15.4. The maximum Gasteiger partial charge on any atom is 0.272 e. The molecular formula is C14H9Cl3N2O2. The van der Waals surface area contributed by atoms with Crippen LogP contribution in [0.1, 0.15) is 15.9 Å². The Morgan fingerprint density at radius 1 is 1.10 bits per heavy atom. The minimum atomic E-state index is -0.514. The quantitative estimate of drug-likeness (QED) is 0.650. The van der Waals surface area contributed by atoms with Crippen LogP contribution < -0.4 is 5.43 Å². The van der Waals surface area contributed by atoms with Crippen molar-refractivity contribution >= 4 is 46.9 Å². The Hall–Kier alpha value is -1.75. The number of hydrazone groups is 1. The minimum absolute atomic E-state index is 0.00168. The van der Waals surface area contributed by atoms with Crippen LogP contribution in [0, 0.1) is 0 Å². The molecule has 2 rings (SSSR count). The van der Waals surface area contributed by atoms with E-state index < -0.39 is 5.91 Å². The molecule has 2 aromatic rings. The van der Waals surface area contributed by atoms with Gasteiger partial charge in [-0.15, -0.1) is 0 Å². The van der Waals surface area contributed by atoms with Crippen molar-refractivity contribution in [2.24, 2.45) is 5.10 Å². The number of benzene rings is 2. The third-order valence-corrected chi connectivity index (χ3v) is 3.33. The highest BCUT2D eigenvalue weighted by atomic mass is 35.5. The van der Waals surface area contributed by atoms with Crippen LogP contribution in [0.5, 0.6) is 5.75 Å². The fraction of sp³-hybridized carbons (Fsp3) is 0. The molecule has 0 aliphatic carbocycles. The molecule has 0 fully saturated rings. The fourth-order valence-electron chi connectivity index (χ4n) is 1.52. The Morgan fingerprint density at radius 3 is 2.52 bits per heavy atom. The summed E-state index contributed by atoms with van der Waals surface area (Å²) in [5, 5.41) is 14.4. The first-order valence-corrected chi connectivity index (χ1v) is 6.88. The molecule has 108 valence electrons. The number of hydrogen-bond donors (Lipinski definition) is 2. The van der Waals surface area contributed by atoms with Gasteiger partial charge in [0.05, 0.1) is 16.8 Å². The Bertz CT molecular complexity index is 717. The second-order valence-corrected chi connectivity index (χ2v) is 5.31. The van der Waals surface area contributed by atoms with Crippen LogP contribution in [0.15, 0.2) is 41.5 Å². The molecule has 4 nitrogen and oxygen atoms in total. The highest BCUT2D eigenvalue weighted by molar-refractivity contribution is 6.35. The van der Waals surface area contributed by atoms with E-state index in [1.165, 1.54) is 30.5 Å². The Morgan fingerprint density at radius 2 is 1.76 bits per heavy atom. The van der Waals surface area contributed by atoms with Gasteiger partial charge in [-0.25, -0.2) is 5.43 Å². The molecular weight excluding hydrogens is 335 g/mol. The van der Waals surface area contributed by atoms with Gasteiger partial charge in [0.2, 0.25) is 0 Å². The molecule has 0 radical (unpaired) electrons. The molecule has 0 unspecified atom stereocenters. The van der Waals surface area contributed by atoms with Gasteiger partial charge < -0.3 is 5.11 Å². The number of hydrogen-bond acceptors (Lipinski definition) is 3. The van der Waals surface area contributed by atoms with E-state index in [2.05, 4.69) is 10.5 Å². The van der Waals surface area contributed by atoms with Gasteiger partial charge in [-0.2, -0.15) is 5.10 Å². The van der Waals surface area contributed by atoms with E-state index in [0.717, 1.165) is 0 Å². The van der Waals surface area contributed by atoms with Crippen LogP contribution in [0.25, 0.3) is 0 Å². The van der Waals surface area contributed by atoms with Crippen LogP contribution in [0.2, 0.25) is 15.1 Å². The number of phenols is 1. The first-order valence-electron chi connectivity index (χ1n) is 5.74. The molecule has 0 saturated carbocycles. The summed E-state index contributed by atoms with van der Waals surface area (Å²) in [5.41, 5.74) is 2.88. The Balaban J connectivity index is 2.12. The lowest BCUT2D eigenvalue weighted by molar-refractivity contribution is 0.0955. The SMILES string of the molecule is O=C(N/N=C/c1cc(Cl)ccc1O)c1cc(Cl)ccc1Cl. The lowest BCUT2D eigenvalue weighted by Gasteiger charge is -2.03. The molecule has 0 aliphatic heterocycles. The molecule has 0 heterocycles. The number of carbonyl (C=O) groups is 1. The highest BCUT2D eigenvalue weighted by Gasteiger charge is 2.10. The summed E-state index contributed by atoms with van der Waals surface area (Å²) in [6, 6.07) is 9.02. The maximum absolute atomic E-state index is 11.9. The van der Waals surface area contributed by atoms with Crippen molar-refractivity contribution in [3.8, 4) is 5.75 Å². The predicted molar refractivity (Wildman–Crippen MR) is 84.6 cm³/mol. The number of aromatic hydroxyl groups is 1. The van der Waals surface area contributed by atoms with Crippen molar-refractivity contribution in [3.63, 3.8) is 0 Å². The van der Waals surface area contributed by atoms with Crippen LogP contribution >= 0.6 is 34.8 Å². The highest BCUT2D eigenvalue weighted by Crippen LogP contribution is 2.21. The lowest BCUT2D eigenvalue weighted by atomic mass is 10.2. The normalized spacial score (nSPS) is 10.8. The lowest BCUT2D eigenvalue weighted by Crippen LogP contribution is -2.18. The average molecular weight is 344 g/mol. The summed E-state index contributed by atoms with van der Waals surface area (Å²) in [5.74, 6) is -0.515. The second kappa shape index (κ2) is 6.80. The van der Waals surface area contributed by atoms with Gasteiger partial charge in [-0.05, 0) is 36.4 Å². The molecule has 0 aromatic heterocycles. The van der Waals surface area contributed by atoms with Crippen molar-refractivity contribution in [3.05, 3.63) is 62.6 Å². The molecule has 1 amide bonds. The first-order chi connectivity index (χ1) is 9.97. The first kappa shape index (κ1) is 15.6. The van der Waals surface area contributed by atoms with Gasteiger partial charge >= 0.3 is 0 Å². The third-order valence-electron chi connectivity index (χ3n) is 2.53. The number of phenolic OH excluding ortho intramolecular Hbond substituents is 1. The summed E-state index contributed by atoms with van der Waals surface area (Å²) in [6.45, 7) is 0. The second-order valence-electron chi connectivity index (χ2n) is 4.03. The summed E-state index contributed by atoms with van der Waals surface area (Å²) in [6.07, 6.45) is 1.28. The van der Waals surface area contributed by atoms with Gasteiger partial charge in [0.1, 0.15) is 5.75 Å². The zero-order valence-corrected chi connectivity index (χ0v) is 12.7. The number of halogens is 3. The number of amides is 1. The van der Waals surface area contributed by atoms with E-state index >= 15 is 0 Å². The maximum atomic E-state index is 11.9. The number of nitrogens with zero attached hydrogens (tertiary/aromatic N) is 1. The minimum Gasteiger partial charge on any atom is -0.507 e. The van der Waals surface area contributed by atoms with Gasteiger partial charge in [-0.1, -0.05) is 34.8 Å². The van der Waals surface area contributed by atoms with E-state index in [0.29, 0.717) is 15.6 Å². The standard InChI is InChI=1S/C14H9Cl3N2O2/c15-9-2-4-13(20)8(5-9)7-18-19-14(21)11-6-10(16)1-3-12(11)17/h1-7,20H,(H,19,21)/b18-7+. The fourth-order valence-corrected chi connectivity index (χ4v) is 2.08. The molecule has 2 N–H and O–H groups in total. The van der Waals surface area contributed by atoms with Gasteiger partial charge in [0, 0.05) is 15.6 Å². The Labute approximate surface area is 135 Å². The van der Waals surface area contributed by atoms with Crippen molar-refractivity contribution < 1.29 is 9.90 Å². The van der Waals surface area contributed by atoms with E-state index in [1.807, 2.05) is 0 Å². The van der Waals surface area contributed by atoms with Crippen LogP contribution in [0.3, 0.4) is 0 Å². The molecule has 0 bridgehead atoms. The molecule has 0 aliphatic rings. The molecule has 0 saturated heterocycles. The van der Waals surface area contributed by atoms with E-state index in [4.69, 9.17) is 34.8 Å².